The first-order chi connectivity index (χ1) is 5.68. The van der Waals surface area contributed by atoms with E-state index in [9.17, 15) is 4.79 Å². The van der Waals surface area contributed by atoms with Crippen molar-refractivity contribution < 1.29 is 32.2 Å². The fourth-order valence-corrected chi connectivity index (χ4v) is 0.263. The number of aliphatic hydroxyl groups is 1. The fraction of sp³-hybridized carbons (Fsp3) is 0.800. The van der Waals surface area contributed by atoms with Gasteiger partial charge in [-0.05, 0) is 13.8 Å². The molecule has 14 heavy (non-hydrogen) atoms. The molecule has 0 radical (unpaired) electrons. The number of hydrogen-bond acceptors (Lipinski definition) is 5. The van der Waals surface area contributed by atoms with Crippen LogP contribution in [-0.4, -0.2) is 70.9 Å². The first kappa shape index (κ1) is 19.8. The maximum absolute atomic E-state index is 10.3. The summed E-state index contributed by atoms with van der Waals surface area (Å²) < 4.78 is 36.0. The Morgan fingerprint density at radius 1 is 1.43 bits per heavy atom. The van der Waals surface area contributed by atoms with E-state index in [1.165, 1.54) is 6.92 Å². The van der Waals surface area contributed by atoms with Crippen LogP contribution in [0.25, 0.3) is 0 Å². The molecule has 0 saturated heterocycles. The van der Waals surface area contributed by atoms with Gasteiger partial charge in [0, 0.05) is 0 Å². The molecule has 0 aliphatic heterocycles. The van der Waals surface area contributed by atoms with Gasteiger partial charge in [-0.15, -0.1) is 0 Å². The molecular formula is C5H13NaO7S. The summed E-state index contributed by atoms with van der Waals surface area (Å²) in [5, 5.41) is 8.48. The molecule has 1 atom stereocenters. The number of carbonyl (C=O) groups excluding carboxylic acids is 1. The van der Waals surface area contributed by atoms with Gasteiger partial charge < -0.3 is 9.84 Å². The quantitative estimate of drug-likeness (QED) is 0.309. The zero-order chi connectivity index (χ0) is 11.1. The number of rotatable bonds is 2. The van der Waals surface area contributed by atoms with E-state index in [-0.39, 0.29) is 29.6 Å². The molecule has 7 nitrogen and oxygen atoms in total. The summed E-state index contributed by atoms with van der Waals surface area (Å²) in [6, 6.07) is 0. The fourth-order valence-electron chi connectivity index (χ4n) is 0.263. The van der Waals surface area contributed by atoms with Crippen LogP contribution in [0.4, 0.5) is 0 Å². The molecule has 0 heterocycles. The first-order valence-corrected chi connectivity index (χ1v) is 4.62. The molecule has 0 aromatic heterocycles. The van der Waals surface area contributed by atoms with Crippen molar-refractivity contribution in [2.24, 2.45) is 0 Å². The Bertz CT molecular complexity index is 226. The minimum absolute atomic E-state index is 0. The zero-order valence-electron chi connectivity index (χ0n) is 7.17. The molecule has 0 bridgehead atoms. The minimum atomic E-state index is -4.67. The molecule has 0 aliphatic carbocycles. The summed E-state index contributed by atoms with van der Waals surface area (Å²) in [7, 11) is -4.67. The van der Waals surface area contributed by atoms with E-state index in [0.29, 0.717) is 6.61 Å². The molecule has 0 aromatic rings. The molecule has 0 spiro atoms. The molecule has 9 heteroatoms. The third-order valence-corrected chi connectivity index (χ3v) is 0.628. The second kappa shape index (κ2) is 9.84. The van der Waals surface area contributed by atoms with E-state index < -0.39 is 22.5 Å². The van der Waals surface area contributed by atoms with Crippen molar-refractivity contribution in [3.63, 3.8) is 0 Å². The van der Waals surface area contributed by atoms with Crippen LogP contribution in [0.2, 0.25) is 0 Å². The van der Waals surface area contributed by atoms with Crippen molar-refractivity contribution in [3.05, 3.63) is 0 Å². The van der Waals surface area contributed by atoms with Gasteiger partial charge in [-0.3, -0.25) is 9.11 Å². The van der Waals surface area contributed by atoms with Crippen molar-refractivity contribution >= 4 is 45.9 Å². The van der Waals surface area contributed by atoms with Gasteiger partial charge in [-0.2, -0.15) is 8.42 Å². The van der Waals surface area contributed by atoms with Gasteiger partial charge in [0.15, 0.2) is 0 Å². The van der Waals surface area contributed by atoms with Gasteiger partial charge in [0.2, 0.25) is 0 Å². The molecule has 1 unspecified atom stereocenters. The first-order valence-electron chi connectivity index (χ1n) is 3.23. The predicted molar refractivity (Wildman–Crippen MR) is 49.6 cm³/mol. The number of carbonyl (C=O) groups is 1. The Labute approximate surface area is 104 Å². The van der Waals surface area contributed by atoms with E-state index in [1.54, 1.807) is 6.92 Å². The van der Waals surface area contributed by atoms with Gasteiger partial charge in [0.25, 0.3) is 0 Å². The number of ether oxygens (including phenoxy) is 1. The Kier molecular flexibility index (Phi) is 13.9. The summed E-state index contributed by atoms with van der Waals surface area (Å²) >= 11 is 0. The molecule has 0 aliphatic rings. The standard InChI is InChI=1S/C5H10O3.Na.H2O4S.H/c1-3-8-5(7)4(2)6;;1-5(2,3)4;/h4,6H,3H2,1-2H3;;(H2,1,2,3,4);. The molecule has 82 valence electrons. The van der Waals surface area contributed by atoms with Crippen molar-refractivity contribution in [2.45, 2.75) is 20.0 Å². The zero-order valence-corrected chi connectivity index (χ0v) is 7.98. The van der Waals surface area contributed by atoms with E-state index in [0.717, 1.165) is 0 Å². The molecule has 0 amide bonds. The number of aliphatic hydroxyl groups excluding tert-OH is 1. The van der Waals surface area contributed by atoms with Crippen LogP contribution in [0.1, 0.15) is 13.8 Å². The third-order valence-electron chi connectivity index (χ3n) is 0.628. The van der Waals surface area contributed by atoms with Crippen LogP contribution in [-0.2, 0) is 19.9 Å². The SMILES string of the molecule is CCOC(=O)C(C)O.O=S(=O)(O)O.[NaH]. The van der Waals surface area contributed by atoms with E-state index in [1.807, 2.05) is 0 Å². The number of esters is 1. The van der Waals surface area contributed by atoms with Crippen LogP contribution in [0.15, 0.2) is 0 Å². The molecule has 0 aromatic carbocycles. The average molecular weight is 240 g/mol. The molecule has 3 N–H and O–H groups in total. The van der Waals surface area contributed by atoms with Gasteiger partial charge in [-0.25, -0.2) is 4.79 Å². The number of hydrogen-bond donors (Lipinski definition) is 3. The predicted octanol–water partition coefficient (Wildman–Crippen LogP) is -1.37. The monoisotopic (exact) mass is 240 g/mol. The van der Waals surface area contributed by atoms with Crippen LogP contribution in [0.3, 0.4) is 0 Å². The van der Waals surface area contributed by atoms with Crippen molar-refractivity contribution in [1.82, 2.24) is 0 Å². The Balaban J connectivity index is -0.000000177. The summed E-state index contributed by atoms with van der Waals surface area (Å²) in [6.07, 6.45) is -0.991. The second-order valence-electron chi connectivity index (χ2n) is 1.88. The van der Waals surface area contributed by atoms with Gasteiger partial charge in [-0.1, -0.05) is 0 Å². The van der Waals surface area contributed by atoms with E-state index in [4.69, 9.17) is 22.6 Å². The molecule has 0 fully saturated rings. The van der Waals surface area contributed by atoms with Crippen molar-refractivity contribution in [3.8, 4) is 0 Å². The molecular weight excluding hydrogens is 227 g/mol. The third kappa shape index (κ3) is 29.5. The van der Waals surface area contributed by atoms with Gasteiger partial charge in [0.05, 0.1) is 6.61 Å². The maximum atomic E-state index is 10.3. The summed E-state index contributed by atoms with van der Waals surface area (Å²) in [4.78, 5) is 10.3. The van der Waals surface area contributed by atoms with Crippen LogP contribution >= 0.6 is 0 Å². The van der Waals surface area contributed by atoms with Crippen LogP contribution in [0.5, 0.6) is 0 Å². The Morgan fingerprint density at radius 3 is 1.79 bits per heavy atom. The summed E-state index contributed by atoms with van der Waals surface area (Å²) in [6.45, 7) is 3.39. The van der Waals surface area contributed by atoms with Crippen molar-refractivity contribution in [2.75, 3.05) is 6.61 Å². The van der Waals surface area contributed by atoms with Crippen LogP contribution in [0, 0.1) is 0 Å². The normalized spacial score (nSPS) is 11.5. The second-order valence-corrected chi connectivity index (χ2v) is 2.77. The van der Waals surface area contributed by atoms with Gasteiger partial charge >= 0.3 is 45.9 Å². The van der Waals surface area contributed by atoms with Crippen LogP contribution < -0.4 is 0 Å². The Hall–Kier alpha value is 0.300. The van der Waals surface area contributed by atoms with E-state index in [2.05, 4.69) is 4.74 Å². The summed E-state index contributed by atoms with van der Waals surface area (Å²) in [5.74, 6) is -0.562. The molecule has 0 saturated carbocycles. The summed E-state index contributed by atoms with van der Waals surface area (Å²) in [5.41, 5.74) is 0. The Morgan fingerprint density at radius 2 is 1.71 bits per heavy atom. The average Bonchev–Trinajstić information content (AvgIpc) is 1.84. The molecule has 0 rings (SSSR count). The van der Waals surface area contributed by atoms with Crippen molar-refractivity contribution in [1.29, 1.82) is 0 Å². The topological polar surface area (TPSA) is 121 Å². The van der Waals surface area contributed by atoms with Gasteiger partial charge in [0.1, 0.15) is 6.10 Å². The van der Waals surface area contributed by atoms with E-state index >= 15 is 0 Å².